The van der Waals surface area contributed by atoms with E-state index in [4.69, 9.17) is 18.0 Å². The zero-order chi connectivity index (χ0) is 12.5. The summed E-state index contributed by atoms with van der Waals surface area (Å²) >= 11 is 5.06. The number of rotatable bonds is 4. The highest BCUT2D eigenvalue weighted by Gasteiger charge is 2.21. The van der Waals surface area contributed by atoms with E-state index in [0.717, 1.165) is 18.7 Å². The maximum absolute atomic E-state index is 5.71. The topological polar surface area (TPSA) is 43.8 Å². The van der Waals surface area contributed by atoms with Gasteiger partial charge in [-0.05, 0) is 32.8 Å². The second-order valence-corrected chi connectivity index (χ2v) is 5.46. The third-order valence-corrected chi connectivity index (χ3v) is 3.91. The van der Waals surface area contributed by atoms with E-state index in [1.165, 1.54) is 11.3 Å². The number of hydrogen-bond acceptors (Lipinski definition) is 2. The van der Waals surface area contributed by atoms with Gasteiger partial charge in [-0.2, -0.15) is 5.10 Å². The molecule has 1 rings (SSSR count). The fraction of sp³-hybridized carbons (Fsp3) is 0.667. The number of hydrogen-bond donors (Lipinski definition) is 1. The quantitative estimate of drug-likeness (QED) is 0.821. The van der Waals surface area contributed by atoms with E-state index >= 15 is 0 Å². The molecule has 0 amide bonds. The molecule has 0 spiro atoms. The minimum absolute atomic E-state index is 0.102. The molecule has 1 aromatic rings. The Morgan fingerprint density at radius 1 is 1.38 bits per heavy atom. The van der Waals surface area contributed by atoms with Gasteiger partial charge in [-0.15, -0.1) is 0 Å². The first-order valence-electron chi connectivity index (χ1n) is 5.56. The lowest BCUT2D eigenvalue weighted by Gasteiger charge is -2.23. The Morgan fingerprint density at radius 2 is 1.94 bits per heavy atom. The van der Waals surface area contributed by atoms with Crippen LogP contribution in [0.15, 0.2) is 0 Å². The summed E-state index contributed by atoms with van der Waals surface area (Å²) in [5.41, 5.74) is 9.21. The molecule has 0 fully saturated rings. The van der Waals surface area contributed by atoms with Gasteiger partial charge < -0.3 is 5.73 Å². The summed E-state index contributed by atoms with van der Waals surface area (Å²) in [5.74, 6) is 0. The van der Waals surface area contributed by atoms with Crippen molar-refractivity contribution >= 4 is 17.2 Å². The van der Waals surface area contributed by atoms with E-state index in [2.05, 4.69) is 32.8 Å². The summed E-state index contributed by atoms with van der Waals surface area (Å²) in [6.07, 6.45) is 0.920. The summed E-state index contributed by atoms with van der Waals surface area (Å²) in [5, 5.41) is 4.50. The van der Waals surface area contributed by atoms with Crippen molar-refractivity contribution in [3.8, 4) is 0 Å². The number of nitrogens with two attached hydrogens (primary N) is 1. The summed E-state index contributed by atoms with van der Waals surface area (Å²) in [6.45, 7) is 11.3. The van der Waals surface area contributed by atoms with E-state index in [0.29, 0.717) is 4.99 Å². The lowest BCUT2D eigenvalue weighted by atomic mass is 9.89. The van der Waals surface area contributed by atoms with Crippen LogP contribution in [0, 0.1) is 26.2 Å². The van der Waals surface area contributed by atoms with Crippen LogP contribution < -0.4 is 5.73 Å². The molecule has 90 valence electrons. The maximum Gasteiger partial charge on any atom is 0.0785 e. The van der Waals surface area contributed by atoms with Crippen LogP contribution in [0.3, 0.4) is 0 Å². The van der Waals surface area contributed by atoms with Gasteiger partial charge in [0.2, 0.25) is 0 Å². The molecule has 2 N–H and O–H groups in total. The number of nitrogens with zero attached hydrogens (tertiary/aromatic N) is 2. The molecular formula is C12H21N3S. The molecule has 4 heteroatoms. The summed E-state index contributed by atoms with van der Waals surface area (Å²) < 4.78 is 2.05. The number of aryl methyl sites for hydroxylation is 2. The molecule has 0 radical (unpaired) electrons. The molecular weight excluding hydrogens is 218 g/mol. The molecule has 3 nitrogen and oxygen atoms in total. The third-order valence-electron chi connectivity index (χ3n) is 3.36. The molecule has 0 bridgehead atoms. The smallest absolute Gasteiger partial charge is 0.0785 e. The molecule has 0 saturated heterocycles. The van der Waals surface area contributed by atoms with Crippen LogP contribution in [-0.4, -0.2) is 14.8 Å². The van der Waals surface area contributed by atoms with Gasteiger partial charge in [-0.25, -0.2) is 0 Å². The average Bonchev–Trinajstić information content (AvgIpc) is 2.43. The second-order valence-electron chi connectivity index (χ2n) is 5.02. The fourth-order valence-electron chi connectivity index (χ4n) is 1.51. The Morgan fingerprint density at radius 3 is 2.31 bits per heavy atom. The normalized spacial score (nSPS) is 11.8. The van der Waals surface area contributed by atoms with Crippen molar-refractivity contribution in [3.05, 3.63) is 17.0 Å². The second kappa shape index (κ2) is 4.53. The predicted molar refractivity (Wildman–Crippen MR) is 71.6 cm³/mol. The van der Waals surface area contributed by atoms with Gasteiger partial charge in [0.1, 0.15) is 0 Å². The van der Waals surface area contributed by atoms with Crippen molar-refractivity contribution in [2.24, 2.45) is 11.1 Å². The summed E-state index contributed by atoms with van der Waals surface area (Å²) in [6, 6.07) is 0. The van der Waals surface area contributed by atoms with Gasteiger partial charge >= 0.3 is 0 Å². The third kappa shape index (κ3) is 2.61. The molecule has 0 saturated carbocycles. The zero-order valence-electron chi connectivity index (χ0n) is 10.8. The highest BCUT2D eigenvalue weighted by atomic mass is 32.1. The van der Waals surface area contributed by atoms with Gasteiger partial charge in [0, 0.05) is 17.7 Å². The molecule has 0 aromatic carbocycles. The van der Waals surface area contributed by atoms with Crippen molar-refractivity contribution in [1.29, 1.82) is 0 Å². The average molecular weight is 239 g/mol. The number of thiocarbonyl (C=S) groups is 1. The van der Waals surface area contributed by atoms with Crippen LogP contribution in [0.4, 0.5) is 0 Å². The Hall–Kier alpha value is -0.900. The standard InChI is InChI=1S/C12H21N3S/c1-8-9(2)14-15(10(8)3)7-6-12(4,5)11(13)16/h6-7H2,1-5H3,(H2,13,16). The van der Waals surface area contributed by atoms with Gasteiger partial charge in [0.25, 0.3) is 0 Å². The largest absolute Gasteiger partial charge is 0.393 e. The molecule has 0 unspecified atom stereocenters. The minimum Gasteiger partial charge on any atom is -0.393 e. The van der Waals surface area contributed by atoms with Crippen molar-refractivity contribution in [3.63, 3.8) is 0 Å². The lowest BCUT2D eigenvalue weighted by Crippen LogP contribution is -2.31. The SMILES string of the molecule is Cc1nn(CCC(C)(C)C(N)=S)c(C)c1C. The van der Waals surface area contributed by atoms with Crippen molar-refractivity contribution in [2.45, 2.75) is 47.6 Å². The molecule has 16 heavy (non-hydrogen) atoms. The summed E-state index contributed by atoms with van der Waals surface area (Å²) in [4.78, 5) is 0.575. The Bertz CT molecular complexity index is 405. The van der Waals surface area contributed by atoms with Crippen molar-refractivity contribution in [2.75, 3.05) is 0 Å². The van der Waals surface area contributed by atoms with Crippen LogP contribution in [0.2, 0.25) is 0 Å². The summed E-state index contributed by atoms with van der Waals surface area (Å²) in [7, 11) is 0. The first kappa shape index (κ1) is 13.2. The van der Waals surface area contributed by atoms with Crippen LogP contribution in [0.25, 0.3) is 0 Å². The van der Waals surface area contributed by atoms with Gasteiger partial charge in [-0.3, -0.25) is 4.68 Å². The van der Waals surface area contributed by atoms with Gasteiger partial charge in [0.15, 0.2) is 0 Å². The fourth-order valence-corrected chi connectivity index (χ4v) is 1.61. The Labute approximate surface area is 103 Å². The molecule has 0 aliphatic heterocycles. The number of aromatic nitrogens is 2. The predicted octanol–water partition coefficient (Wildman–Crippen LogP) is 2.51. The molecule has 1 heterocycles. The van der Waals surface area contributed by atoms with Crippen LogP contribution in [0.5, 0.6) is 0 Å². The van der Waals surface area contributed by atoms with Gasteiger partial charge in [-0.1, -0.05) is 26.1 Å². The van der Waals surface area contributed by atoms with E-state index in [1.54, 1.807) is 0 Å². The first-order chi connectivity index (χ1) is 7.25. The Kier molecular flexibility index (Phi) is 3.73. The van der Waals surface area contributed by atoms with E-state index in [1.807, 2.05) is 11.6 Å². The van der Waals surface area contributed by atoms with E-state index in [-0.39, 0.29) is 5.41 Å². The Balaban J connectivity index is 2.76. The highest BCUT2D eigenvalue weighted by Crippen LogP contribution is 2.22. The molecule has 1 aromatic heterocycles. The van der Waals surface area contributed by atoms with E-state index < -0.39 is 0 Å². The first-order valence-corrected chi connectivity index (χ1v) is 5.97. The van der Waals surface area contributed by atoms with E-state index in [9.17, 15) is 0 Å². The highest BCUT2D eigenvalue weighted by molar-refractivity contribution is 7.80. The van der Waals surface area contributed by atoms with Gasteiger partial charge in [0.05, 0.1) is 10.7 Å². The molecule has 0 aliphatic carbocycles. The van der Waals surface area contributed by atoms with Crippen LogP contribution in [-0.2, 0) is 6.54 Å². The lowest BCUT2D eigenvalue weighted by molar-refractivity contribution is 0.413. The maximum atomic E-state index is 5.71. The van der Waals surface area contributed by atoms with Crippen LogP contribution >= 0.6 is 12.2 Å². The molecule has 0 atom stereocenters. The monoisotopic (exact) mass is 239 g/mol. The zero-order valence-corrected chi connectivity index (χ0v) is 11.6. The van der Waals surface area contributed by atoms with Crippen LogP contribution in [0.1, 0.15) is 37.2 Å². The minimum atomic E-state index is -0.102. The molecule has 0 aliphatic rings. The van der Waals surface area contributed by atoms with Crippen molar-refractivity contribution in [1.82, 2.24) is 9.78 Å². The van der Waals surface area contributed by atoms with Crippen molar-refractivity contribution < 1.29 is 0 Å².